The van der Waals surface area contributed by atoms with Gasteiger partial charge < -0.3 is 10.6 Å². The van der Waals surface area contributed by atoms with Crippen LogP contribution in [0.25, 0.3) is 0 Å². The number of allylic oxidation sites excluding steroid dienone is 1. The summed E-state index contributed by atoms with van der Waals surface area (Å²) in [5, 5.41) is 0. The van der Waals surface area contributed by atoms with Crippen molar-refractivity contribution in [1.29, 1.82) is 0 Å². The maximum atomic E-state index is 6.36. The quantitative estimate of drug-likeness (QED) is 0.866. The minimum absolute atomic E-state index is 0.0776. The number of rotatable bonds is 1. The van der Waals surface area contributed by atoms with Gasteiger partial charge in [-0.15, -0.1) is 0 Å². The van der Waals surface area contributed by atoms with Crippen LogP contribution in [0.15, 0.2) is 59.2 Å². The van der Waals surface area contributed by atoms with Gasteiger partial charge in [0.05, 0.1) is 28.8 Å². The van der Waals surface area contributed by atoms with E-state index in [0.717, 1.165) is 40.5 Å². The molecule has 0 aromatic heterocycles. The fourth-order valence-electron chi connectivity index (χ4n) is 3.36. The Bertz CT molecular complexity index is 817. The van der Waals surface area contributed by atoms with E-state index in [-0.39, 0.29) is 6.04 Å². The van der Waals surface area contributed by atoms with Gasteiger partial charge in [-0.1, -0.05) is 30.3 Å². The van der Waals surface area contributed by atoms with Gasteiger partial charge in [0.1, 0.15) is 0 Å². The smallest absolute Gasteiger partial charge is 0.0947 e. The highest BCUT2D eigenvalue weighted by atomic mass is 15.2. The van der Waals surface area contributed by atoms with E-state index in [1.54, 1.807) is 0 Å². The number of aliphatic imine (C=N–C) groups is 1. The average molecular weight is 289 g/mol. The second-order valence-corrected chi connectivity index (χ2v) is 5.86. The predicted octanol–water partition coefficient (Wildman–Crippen LogP) is 3.85. The Morgan fingerprint density at radius 2 is 2.00 bits per heavy atom. The zero-order valence-corrected chi connectivity index (χ0v) is 12.9. The molecule has 1 aliphatic heterocycles. The number of anilines is 1. The monoisotopic (exact) mass is 289 g/mol. The summed E-state index contributed by atoms with van der Waals surface area (Å²) in [4.78, 5) is 7.27. The Morgan fingerprint density at radius 1 is 1.18 bits per heavy atom. The van der Waals surface area contributed by atoms with E-state index in [1.165, 1.54) is 5.56 Å². The molecule has 0 bridgehead atoms. The average Bonchev–Trinajstić information content (AvgIpc) is 2.53. The Morgan fingerprint density at radius 3 is 2.82 bits per heavy atom. The number of hydrogen-bond acceptors (Lipinski definition) is 3. The van der Waals surface area contributed by atoms with Gasteiger partial charge in [0, 0.05) is 12.1 Å². The molecule has 1 aliphatic carbocycles. The number of nitrogens with two attached hydrogens (primary N) is 1. The first kappa shape index (κ1) is 13.3. The predicted molar refractivity (Wildman–Crippen MR) is 91.8 cm³/mol. The largest absolute Gasteiger partial charge is 0.338 e. The van der Waals surface area contributed by atoms with Gasteiger partial charge in [-0.25, -0.2) is 4.99 Å². The SMILES string of the molecule is CCN1C2=CC(N)c3ccccc3C2=Nc2cc(C)ccc21. The number of fused-ring (bicyclic) bond motifs is 4. The van der Waals surface area contributed by atoms with Crippen LogP contribution in [0.2, 0.25) is 0 Å². The first-order chi connectivity index (χ1) is 10.7. The number of aryl methyl sites for hydroxylation is 1. The van der Waals surface area contributed by atoms with E-state index in [0.29, 0.717) is 0 Å². The van der Waals surface area contributed by atoms with Crippen molar-refractivity contribution in [2.75, 3.05) is 11.4 Å². The molecule has 1 heterocycles. The maximum absolute atomic E-state index is 6.36. The Hall–Kier alpha value is -2.39. The van der Waals surface area contributed by atoms with E-state index in [4.69, 9.17) is 10.7 Å². The lowest BCUT2D eigenvalue weighted by molar-refractivity contribution is 0.865. The van der Waals surface area contributed by atoms with Crippen molar-refractivity contribution >= 4 is 17.1 Å². The molecule has 22 heavy (non-hydrogen) atoms. The lowest BCUT2D eigenvalue weighted by Crippen LogP contribution is -2.34. The normalized spacial score (nSPS) is 18.9. The van der Waals surface area contributed by atoms with E-state index in [9.17, 15) is 0 Å². The van der Waals surface area contributed by atoms with Crippen LogP contribution in [-0.2, 0) is 0 Å². The van der Waals surface area contributed by atoms with Crippen LogP contribution in [0, 0.1) is 6.92 Å². The van der Waals surface area contributed by atoms with Crippen molar-refractivity contribution < 1.29 is 0 Å². The van der Waals surface area contributed by atoms with Crippen molar-refractivity contribution in [2.24, 2.45) is 10.7 Å². The molecule has 2 aromatic rings. The van der Waals surface area contributed by atoms with Crippen LogP contribution in [0.4, 0.5) is 11.4 Å². The Labute approximate surface area is 130 Å². The third kappa shape index (κ3) is 1.82. The zero-order valence-electron chi connectivity index (χ0n) is 12.9. The first-order valence-electron chi connectivity index (χ1n) is 7.73. The van der Waals surface area contributed by atoms with Crippen LogP contribution in [0.1, 0.15) is 29.7 Å². The Kier molecular flexibility index (Phi) is 2.91. The maximum Gasteiger partial charge on any atom is 0.0947 e. The molecule has 0 saturated carbocycles. The van der Waals surface area contributed by atoms with Crippen molar-refractivity contribution in [1.82, 2.24) is 0 Å². The zero-order chi connectivity index (χ0) is 15.3. The summed E-state index contributed by atoms with van der Waals surface area (Å²) in [5.74, 6) is 0. The lowest BCUT2D eigenvalue weighted by Gasteiger charge is -2.36. The highest BCUT2D eigenvalue weighted by molar-refractivity contribution is 6.19. The van der Waals surface area contributed by atoms with Crippen molar-refractivity contribution in [3.05, 3.63) is 70.9 Å². The second-order valence-electron chi connectivity index (χ2n) is 5.86. The molecule has 1 atom stereocenters. The fourth-order valence-corrected chi connectivity index (χ4v) is 3.36. The molecular weight excluding hydrogens is 270 g/mol. The molecule has 110 valence electrons. The van der Waals surface area contributed by atoms with E-state index < -0.39 is 0 Å². The minimum Gasteiger partial charge on any atom is -0.338 e. The number of benzene rings is 2. The molecule has 2 aromatic carbocycles. The number of nitrogens with zero attached hydrogens (tertiary/aromatic N) is 2. The molecule has 0 fully saturated rings. The third-order valence-corrected chi connectivity index (χ3v) is 4.42. The molecule has 0 radical (unpaired) electrons. The highest BCUT2D eigenvalue weighted by Crippen LogP contribution is 2.41. The number of hydrogen-bond donors (Lipinski definition) is 1. The summed E-state index contributed by atoms with van der Waals surface area (Å²) < 4.78 is 0. The van der Waals surface area contributed by atoms with Gasteiger partial charge in [0.25, 0.3) is 0 Å². The topological polar surface area (TPSA) is 41.6 Å². The molecule has 0 spiro atoms. The van der Waals surface area contributed by atoms with Crippen LogP contribution >= 0.6 is 0 Å². The second kappa shape index (κ2) is 4.82. The van der Waals surface area contributed by atoms with Gasteiger partial charge in [-0.3, -0.25) is 0 Å². The standard InChI is InChI=1S/C19H19N3/c1-3-22-17-9-8-12(2)10-16(17)21-19-14-7-5-4-6-13(14)15(20)11-18(19)22/h4-11,15H,3,20H2,1-2H3. The van der Waals surface area contributed by atoms with Gasteiger partial charge in [-0.05, 0) is 43.2 Å². The molecule has 2 N–H and O–H groups in total. The van der Waals surface area contributed by atoms with Crippen molar-refractivity contribution in [2.45, 2.75) is 19.9 Å². The van der Waals surface area contributed by atoms with Crippen LogP contribution in [0.5, 0.6) is 0 Å². The first-order valence-corrected chi connectivity index (χ1v) is 7.73. The third-order valence-electron chi connectivity index (χ3n) is 4.42. The molecule has 2 aliphatic rings. The summed E-state index contributed by atoms with van der Waals surface area (Å²) in [6.07, 6.45) is 2.13. The Balaban J connectivity index is 2.00. The molecule has 4 rings (SSSR count). The molecular formula is C19H19N3. The molecule has 0 saturated heterocycles. The highest BCUT2D eigenvalue weighted by Gasteiger charge is 2.30. The summed E-state index contributed by atoms with van der Waals surface area (Å²) in [6.45, 7) is 5.17. The van der Waals surface area contributed by atoms with Crippen LogP contribution in [-0.4, -0.2) is 12.3 Å². The van der Waals surface area contributed by atoms with E-state index in [1.807, 2.05) is 6.07 Å². The molecule has 3 nitrogen and oxygen atoms in total. The van der Waals surface area contributed by atoms with Crippen molar-refractivity contribution in [3.8, 4) is 0 Å². The van der Waals surface area contributed by atoms with E-state index in [2.05, 4.69) is 61.2 Å². The van der Waals surface area contributed by atoms with Crippen molar-refractivity contribution in [3.63, 3.8) is 0 Å². The van der Waals surface area contributed by atoms with Gasteiger partial charge in [0.2, 0.25) is 0 Å². The summed E-state index contributed by atoms with van der Waals surface area (Å²) in [7, 11) is 0. The molecule has 1 unspecified atom stereocenters. The summed E-state index contributed by atoms with van der Waals surface area (Å²) in [6, 6.07) is 14.7. The summed E-state index contributed by atoms with van der Waals surface area (Å²) >= 11 is 0. The van der Waals surface area contributed by atoms with Crippen LogP contribution < -0.4 is 10.6 Å². The minimum atomic E-state index is -0.0776. The molecule has 3 heteroatoms. The number of likely N-dealkylation sites (N-methyl/N-ethyl adjacent to an activating group) is 1. The summed E-state index contributed by atoms with van der Waals surface area (Å²) in [5.41, 5.74) is 14.3. The fraction of sp³-hybridized carbons (Fsp3) is 0.211. The van der Waals surface area contributed by atoms with E-state index >= 15 is 0 Å². The van der Waals surface area contributed by atoms with Gasteiger partial charge in [0.15, 0.2) is 0 Å². The van der Waals surface area contributed by atoms with Gasteiger partial charge >= 0.3 is 0 Å². The van der Waals surface area contributed by atoms with Crippen LogP contribution in [0.3, 0.4) is 0 Å². The lowest BCUT2D eigenvalue weighted by atomic mass is 9.88. The van der Waals surface area contributed by atoms with Gasteiger partial charge in [-0.2, -0.15) is 0 Å². The molecule has 0 amide bonds.